The maximum absolute atomic E-state index is 12.3. The fraction of sp³-hybridized carbons (Fsp3) is 0.933. The number of rotatable bonds is 4. The van der Waals surface area contributed by atoms with Gasteiger partial charge in [0, 0.05) is 37.7 Å². The van der Waals surface area contributed by atoms with Crippen LogP contribution in [0.25, 0.3) is 0 Å². The Morgan fingerprint density at radius 2 is 2.00 bits per heavy atom. The molecule has 2 fully saturated rings. The van der Waals surface area contributed by atoms with Crippen molar-refractivity contribution >= 4 is 5.78 Å². The standard InChI is InChI=1S/C15H27NO3/c1-14(2,16)5-3-13(17)12-4-8-19-15(11-12)6-9-18-10-7-15/h12H,3-11,16H2,1-2H3. The number of nitrogens with two attached hydrogens (primary N) is 1. The minimum atomic E-state index is -0.253. The van der Waals surface area contributed by atoms with E-state index in [1.165, 1.54) is 0 Å². The third kappa shape index (κ3) is 4.26. The zero-order chi connectivity index (χ0) is 13.9. The Hall–Kier alpha value is -0.450. The van der Waals surface area contributed by atoms with Crippen LogP contribution in [0.5, 0.6) is 0 Å². The van der Waals surface area contributed by atoms with Crippen molar-refractivity contribution in [2.24, 2.45) is 11.7 Å². The van der Waals surface area contributed by atoms with E-state index in [-0.39, 0.29) is 17.1 Å². The quantitative estimate of drug-likeness (QED) is 0.848. The molecule has 0 aromatic rings. The Morgan fingerprint density at radius 3 is 2.63 bits per heavy atom. The largest absolute Gasteiger partial charge is 0.381 e. The van der Waals surface area contributed by atoms with Crippen molar-refractivity contribution in [3.8, 4) is 0 Å². The van der Waals surface area contributed by atoms with E-state index >= 15 is 0 Å². The van der Waals surface area contributed by atoms with Crippen LogP contribution >= 0.6 is 0 Å². The number of hydrogen-bond acceptors (Lipinski definition) is 4. The van der Waals surface area contributed by atoms with E-state index in [1.54, 1.807) is 0 Å². The highest BCUT2D eigenvalue weighted by molar-refractivity contribution is 5.81. The molecule has 0 aromatic carbocycles. The summed E-state index contributed by atoms with van der Waals surface area (Å²) in [6.45, 7) is 6.18. The molecular formula is C15H27NO3. The van der Waals surface area contributed by atoms with E-state index in [2.05, 4.69) is 0 Å². The van der Waals surface area contributed by atoms with Crippen LogP contribution in [0.4, 0.5) is 0 Å². The summed E-state index contributed by atoms with van der Waals surface area (Å²) in [4.78, 5) is 12.3. The number of Topliss-reactive ketones (excluding diaryl/α,β-unsaturated/α-hetero) is 1. The molecule has 19 heavy (non-hydrogen) atoms. The van der Waals surface area contributed by atoms with E-state index < -0.39 is 0 Å². The van der Waals surface area contributed by atoms with Crippen LogP contribution in [0, 0.1) is 5.92 Å². The molecule has 2 aliphatic rings. The molecule has 0 aromatic heterocycles. The molecule has 2 N–H and O–H groups in total. The molecule has 4 nitrogen and oxygen atoms in total. The predicted molar refractivity (Wildman–Crippen MR) is 74.0 cm³/mol. The van der Waals surface area contributed by atoms with Crippen molar-refractivity contribution in [2.75, 3.05) is 19.8 Å². The lowest BCUT2D eigenvalue weighted by atomic mass is 9.78. The summed E-state index contributed by atoms with van der Waals surface area (Å²) in [5.41, 5.74) is 5.62. The van der Waals surface area contributed by atoms with Crippen molar-refractivity contribution in [1.29, 1.82) is 0 Å². The van der Waals surface area contributed by atoms with Crippen LogP contribution in [0.1, 0.15) is 52.4 Å². The Balaban J connectivity index is 1.88. The summed E-state index contributed by atoms with van der Waals surface area (Å²) < 4.78 is 11.4. The maximum atomic E-state index is 12.3. The van der Waals surface area contributed by atoms with Crippen molar-refractivity contribution in [3.05, 3.63) is 0 Å². The summed E-state index contributed by atoms with van der Waals surface area (Å²) in [5.74, 6) is 0.530. The van der Waals surface area contributed by atoms with E-state index in [4.69, 9.17) is 15.2 Å². The zero-order valence-corrected chi connectivity index (χ0v) is 12.2. The summed E-state index contributed by atoms with van der Waals surface area (Å²) >= 11 is 0. The summed E-state index contributed by atoms with van der Waals surface area (Å²) in [6, 6.07) is 0. The van der Waals surface area contributed by atoms with Gasteiger partial charge in [-0.1, -0.05) is 0 Å². The molecule has 1 spiro atoms. The first-order chi connectivity index (χ1) is 8.90. The Bertz CT molecular complexity index is 310. The van der Waals surface area contributed by atoms with Gasteiger partial charge in [0.15, 0.2) is 0 Å². The number of carbonyl (C=O) groups excluding carboxylic acids is 1. The van der Waals surface area contributed by atoms with Crippen molar-refractivity contribution in [1.82, 2.24) is 0 Å². The van der Waals surface area contributed by atoms with Gasteiger partial charge < -0.3 is 15.2 Å². The van der Waals surface area contributed by atoms with Crippen molar-refractivity contribution in [3.63, 3.8) is 0 Å². The van der Waals surface area contributed by atoms with Crippen molar-refractivity contribution in [2.45, 2.75) is 63.5 Å². The van der Waals surface area contributed by atoms with Gasteiger partial charge in [-0.25, -0.2) is 0 Å². The van der Waals surface area contributed by atoms with Crippen LogP contribution in [0.2, 0.25) is 0 Å². The van der Waals surface area contributed by atoms with Gasteiger partial charge in [0.1, 0.15) is 5.78 Å². The smallest absolute Gasteiger partial charge is 0.136 e. The second-order valence-electron chi connectivity index (χ2n) is 6.79. The SMILES string of the molecule is CC(C)(N)CCC(=O)C1CCOC2(CCOCC2)C1. The molecule has 1 unspecified atom stereocenters. The van der Waals surface area contributed by atoms with Gasteiger partial charge in [-0.15, -0.1) is 0 Å². The summed E-state index contributed by atoms with van der Waals surface area (Å²) in [7, 11) is 0. The fourth-order valence-electron chi connectivity index (χ4n) is 3.04. The second kappa shape index (κ2) is 5.90. The number of ketones is 1. The minimum absolute atomic E-state index is 0.0882. The molecule has 4 heteroatoms. The highest BCUT2D eigenvalue weighted by Gasteiger charge is 2.40. The number of carbonyl (C=O) groups is 1. The molecular weight excluding hydrogens is 242 g/mol. The Morgan fingerprint density at radius 1 is 1.32 bits per heavy atom. The molecule has 2 aliphatic heterocycles. The third-order valence-electron chi connectivity index (χ3n) is 4.37. The lowest BCUT2D eigenvalue weighted by Crippen LogP contribution is -2.46. The van der Waals surface area contributed by atoms with Crippen LogP contribution in [-0.4, -0.2) is 36.7 Å². The minimum Gasteiger partial charge on any atom is -0.381 e. The summed E-state index contributed by atoms with van der Waals surface area (Å²) in [6.07, 6.45) is 4.96. The average Bonchev–Trinajstić information content (AvgIpc) is 2.36. The Kier molecular flexibility index (Phi) is 4.64. The lowest BCUT2D eigenvalue weighted by molar-refractivity contribution is -0.157. The van der Waals surface area contributed by atoms with Crippen LogP contribution in [0.15, 0.2) is 0 Å². The second-order valence-corrected chi connectivity index (χ2v) is 6.79. The van der Waals surface area contributed by atoms with Gasteiger partial charge in [0.2, 0.25) is 0 Å². The molecule has 0 saturated carbocycles. The number of ether oxygens (including phenoxy) is 2. The lowest BCUT2D eigenvalue weighted by Gasteiger charge is -2.43. The summed E-state index contributed by atoms with van der Waals surface area (Å²) in [5, 5.41) is 0. The average molecular weight is 269 g/mol. The highest BCUT2D eigenvalue weighted by Crippen LogP contribution is 2.37. The van der Waals surface area contributed by atoms with Gasteiger partial charge >= 0.3 is 0 Å². The first kappa shape index (κ1) is 14.9. The molecule has 2 heterocycles. The van der Waals surface area contributed by atoms with Crippen molar-refractivity contribution < 1.29 is 14.3 Å². The van der Waals surface area contributed by atoms with Gasteiger partial charge in [0.05, 0.1) is 5.60 Å². The van der Waals surface area contributed by atoms with E-state index in [1.807, 2.05) is 13.8 Å². The normalized spacial score (nSPS) is 27.4. The van der Waals surface area contributed by atoms with E-state index in [9.17, 15) is 4.79 Å². The Labute approximate surface area is 116 Å². The molecule has 0 amide bonds. The maximum Gasteiger partial charge on any atom is 0.136 e. The zero-order valence-electron chi connectivity index (χ0n) is 12.2. The predicted octanol–water partition coefficient (Wildman–Crippen LogP) is 2.05. The molecule has 0 bridgehead atoms. The fourth-order valence-corrected chi connectivity index (χ4v) is 3.04. The van der Waals surface area contributed by atoms with E-state index in [0.717, 1.165) is 45.3 Å². The molecule has 1 atom stereocenters. The van der Waals surface area contributed by atoms with Crippen LogP contribution in [-0.2, 0) is 14.3 Å². The van der Waals surface area contributed by atoms with Crippen LogP contribution < -0.4 is 5.73 Å². The van der Waals surface area contributed by atoms with Gasteiger partial charge in [-0.2, -0.15) is 0 Å². The highest BCUT2D eigenvalue weighted by atomic mass is 16.5. The van der Waals surface area contributed by atoms with E-state index in [0.29, 0.717) is 18.8 Å². The molecule has 110 valence electrons. The van der Waals surface area contributed by atoms with Crippen LogP contribution in [0.3, 0.4) is 0 Å². The first-order valence-electron chi connectivity index (χ1n) is 7.44. The third-order valence-corrected chi connectivity index (χ3v) is 4.37. The van der Waals surface area contributed by atoms with Gasteiger partial charge in [-0.3, -0.25) is 4.79 Å². The molecule has 0 aliphatic carbocycles. The van der Waals surface area contributed by atoms with Gasteiger partial charge in [-0.05, 0) is 46.0 Å². The molecule has 0 radical (unpaired) electrons. The first-order valence-corrected chi connectivity index (χ1v) is 7.44. The topological polar surface area (TPSA) is 61.6 Å². The number of hydrogen-bond donors (Lipinski definition) is 1. The molecule has 2 saturated heterocycles. The monoisotopic (exact) mass is 269 g/mol. The molecule has 2 rings (SSSR count). The van der Waals surface area contributed by atoms with Gasteiger partial charge in [0.25, 0.3) is 0 Å².